The Morgan fingerprint density at radius 1 is 1.21 bits per heavy atom. The highest BCUT2D eigenvalue weighted by atomic mass is 127. The monoisotopic (exact) mass is 493 g/mol. The molecule has 2 heterocycles. The highest BCUT2D eigenvalue weighted by molar-refractivity contribution is 14.0. The minimum absolute atomic E-state index is 0. The normalized spacial score (nSPS) is 17.6. The largest absolute Gasteiger partial charge is 0.357 e. The number of likely N-dealkylation sites (tertiary alicyclic amines) is 1. The molecule has 3 rings (SSSR count). The van der Waals surface area contributed by atoms with Gasteiger partial charge in [-0.15, -0.1) is 24.0 Å². The lowest BCUT2D eigenvalue weighted by Gasteiger charge is -2.34. The number of rotatable bonds is 6. The molecule has 152 valence electrons. The zero-order chi connectivity index (χ0) is 18.9. The Morgan fingerprint density at radius 2 is 2.04 bits per heavy atom. The van der Waals surface area contributed by atoms with E-state index in [2.05, 4.69) is 70.8 Å². The van der Waals surface area contributed by atoms with Crippen LogP contribution in [0.5, 0.6) is 0 Å². The second-order valence-corrected chi connectivity index (χ2v) is 7.17. The van der Waals surface area contributed by atoms with E-state index in [4.69, 9.17) is 4.99 Å². The van der Waals surface area contributed by atoms with Crippen LogP contribution < -0.4 is 10.6 Å². The number of guanidine groups is 1. The second-order valence-electron chi connectivity index (χ2n) is 7.17. The van der Waals surface area contributed by atoms with Crippen LogP contribution in [0.25, 0.3) is 0 Å². The van der Waals surface area contributed by atoms with Gasteiger partial charge in [0.2, 0.25) is 0 Å². The van der Waals surface area contributed by atoms with Crippen molar-refractivity contribution < 1.29 is 0 Å². The van der Waals surface area contributed by atoms with Crippen molar-refractivity contribution in [1.82, 2.24) is 20.5 Å². The third-order valence-electron chi connectivity index (χ3n) is 4.94. The summed E-state index contributed by atoms with van der Waals surface area (Å²) in [7, 11) is 0. The highest BCUT2D eigenvalue weighted by Crippen LogP contribution is 2.14. The van der Waals surface area contributed by atoms with Gasteiger partial charge in [-0.3, -0.25) is 9.88 Å². The van der Waals surface area contributed by atoms with E-state index in [0.717, 1.165) is 37.8 Å². The Morgan fingerprint density at radius 3 is 2.79 bits per heavy atom. The lowest BCUT2D eigenvalue weighted by atomic mass is 10.0. The number of aliphatic imine (C=N–C) groups is 1. The zero-order valence-corrected chi connectivity index (χ0v) is 19.2. The molecular weight excluding hydrogens is 461 g/mol. The van der Waals surface area contributed by atoms with Crippen LogP contribution in [0.15, 0.2) is 53.7 Å². The van der Waals surface area contributed by atoms with Gasteiger partial charge in [0.25, 0.3) is 0 Å². The number of hydrogen-bond donors (Lipinski definition) is 2. The Labute approximate surface area is 186 Å². The summed E-state index contributed by atoms with van der Waals surface area (Å²) in [6.45, 7) is 8.86. The van der Waals surface area contributed by atoms with Crippen LogP contribution in [0.4, 0.5) is 0 Å². The summed E-state index contributed by atoms with van der Waals surface area (Å²) in [6.07, 6.45) is 4.22. The molecule has 5 nitrogen and oxygen atoms in total. The number of aryl methyl sites for hydroxylation is 1. The van der Waals surface area contributed by atoms with Crippen LogP contribution in [0.3, 0.4) is 0 Å². The summed E-state index contributed by atoms with van der Waals surface area (Å²) in [4.78, 5) is 11.7. The molecule has 0 amide bonds. The van der Waals surface area contributed by atoms with Gasteiger partial charge in [-0.1, -0.05) is 36.4 Å². The maximum Gasteiger partial charge on any atom is 0.191 e. The van der Waals surface area contributed by atoms with Crippen LogP contribution in [-0.2, 0) is 13.1 Å². The standard InChI is InChI=1S/C22H31N5.HI/c1-3-23-22(25-15-21-18(2)9-7-13-24-21)26-20-12-8-14-27(17-20)16-19-10-5-4-6-11-19;/h4-7,9-11,13,20H,3,8,12,14-17H2,1-2H3,(H2,23,25,26);1H. The highest BCUT2D eigenvalue weighted by Gasteiger charge is 2.20. The molecule has 1 saturated heterocycles. The molecule has 1 aromatic heterocycles. The first-order valence-corrected chi connectivity index (χ1v) is 9.96. The number of halogens is 1. The van der Waals surface area contributed by atoms with Crippen LogP contribution in [-0.4, -0.2) is 41.5 Å². The predicted molar refractivity (Wildman–Crippen MR) is 127 cm³/mol. The summed E-state index contributed by atoms with van der Waals surface area (Å²) in [5, 5.41) is 7.01. The maximum absolute atomic E-state index is 4.76. The second kappa shape index (κ2) is 12.0. The molecule has 2 aromatic rings. The molecule has 0 radical (unpaired) electrons. The van der Waals surface area contributed by atoms with E-state index >= 15 is 0 Å². The fourth-order valence-electron chi connectivity index (χ4n) is 3.51. The van der Waals surface area contributed by atoms with Crippen molar-refractivity contribution in [1.29, 1.82) is 0 Å². The summed E-state index contributed by atoms with van der Waals surface area (Å²) in [5.41, 5.74) is 3.59. The number of aromatic nitrogens is 1. The minimum Gasteiger partial charge on any atom is -0.357 e. The van der Waals surface area contributed by atoms with E-state index in [1.54, 1.807) is 0 Å². The van der Waals surface area contributed by atoms with Crippen molar-refractivity contribution in [2.24, 2.45) is 4.99 Å². The van der Waals surface area contributed by atoms with E-state index < -0.39 is 0 Å². The Hall–Kier alpha value is -1.67. The summed E-state index contributed by atoms with van der Waals surface area (Å²) in [5.74, 6) is 0.883. The van der Waals surface area contributed by atoms with Gasteiger partial charge in [-0.2, -0.15) is 0 Å². The SMILES string of the molecule is CCNC(=NCc1ncccc1C)NC1CCCN(Cc2ccccc2)C1.I. The molecule has 0 spiro atoms. The molecule has 1 atom stereocenters. The molecular formula is C22H32IN5. The van der Waals surface area contributed by atoms with Crippen LogP contribution >= 0.6 is 24.0 Å². The summed E-state index contributed by atoms with van der Waals surface area (Å²) in [6, 6.07) is 15.2. The quantitative estimate of drug-likeness (QED) is 0.366. The smallest absolute Gasteiger partial charge is 0.191 e. The molecule has 0 saturated carbocycles. The van der Waals surface area contributed by atoms with Crippen molar-refractivity contribution in [2.75, 3.05) is 19.6 Å². The average Bonchev–Trinajstić information content (AvgIpc) is 2.68. The third kappa shape index (κ3) is 7.05. The molecule has 28 heavy (non-hydrogen) atoms. The van der Waals surface area contributed by atoms with E-state index in [-0.39, 0.29) is 24.0 Å². The van der Waals surface area contributed by atoms with Crippen molar-refractivity contribution in [2.45, 2.75) is 45.8 Å². The van der Waals surface area contributed by atoms with E-state index in [1.165, 1.54) is 24.0 Å². The van der Waals surface area contributed by atoms with Gasteiger partial charge in [-0.25, -0.2) is 4.99 Å². The predicted octanol–water partition coefficient (Wildman–Crippen LogP) is 3.73. The van der Waals surface area contributed by atoms with Gasteiger partial charge in [-0.05, 0) is 50.4 Å². The first-order chi connectivity index (χ1) is 13.2. The number of nitrogens with one attached hydrogen (secondary N) is 2. The molecule has 2 N–H and O–H groups in total. The van der Waals surface area contributed by atoms with Crippen molar-refractivity contribution in [3.05, 3.63) is 65.5 Å². The lowest BCUT2D eigenvalue weighted by molar-refractivity contribution is 0.192. The summed E-state index contributed by atoms with van der Waals surface area (Å²) >= 11 is 0. The molecule has 6 heteroatoms. The van der Waals surface area contributed by atoms with Crippen LogP contribution in [0.1, 0.15) is 36.6 Å². The number of benzene rings is 1. The molecule has 1 aliphatic heterocycles. The Balaban J connectivity index is 0.00000280. The van der Waals surface area contributed by atoms with Gasteiger partial charge in [0.05, 0.1) is 12.2 Å². The van der Waals surface area contributed by atoms with E-state index in [9.17, 15) is 0 Å². The minimum atomic E-state index is 0. The van der Waals surface area contributed by atoms with Gasteiger partial charge < -0.3 is 10.6 Å². The fraction of sp³-hybridized carbons (Fsp3) is 0.455. The average molecular weight is 493 g/mol. The number of hydrogen-bond acceptors (Lipinski definition) is 3. The zero-order valence-electron chi connectivity index (χ0n) is 16.9. The molecule has 1 aromatic carbocycles. The van der Waals surface area contributed by atoms with E-state index in [1.807, 2.05) is 12.3 Å². The first-order valence-electron chi connectivity index (χ1n) is 9.96. The molecule has 0 aliphatic carbocycles. The first kappa shape index (κ1) is 22.6. The molecule has 1 unspecified atom stereocenters. The van der Waals surface area contributed by atoms with E-state index in [0.29, 0.717) is 12.6 Å². The van der Waals surface area contributed by atoms with Crippen molar-refractivity contribution in [3.8, 4) is 0 Å². The number of pyridine rings is 1. The lowest BCUT2D eigenvalue weighted by Crippen LogP contribution is -2.51. The van der Waals surface area contributed by atoms with Crippen molar-refractivity contribution >= 4 is 29.9 Å². The number of piperidine rings is 1. The topological polar surface area (TPSA) is 52.6 Å². The van der Waals surface area contributed by atoms with Gasteiger partial charge in [0, 0.05) is 31.9 Å². The summed E-state index contributed by atoms with van der Waals surface area (Å²) < 4.78 is 0. The molecule has 1 aliphatic rings. The third-order valence-corrected chi connectivity index (χ3v) is 4.94. The molecule has 0 bridgehead atoms. The van der Waals surface area contributed by atoms with Crippen LogP contribution in [0.2, 0.25) is 0 Å². The fourth-order valence-corrected chi connectivity index (χ4v) is 3.51. The number of nitrogens with zero attached hydrogens (tertiary/aromatic N) is 3. The van der Waals surface area contributed by atoms with Gasteiger partial charge in [0.15, 0.2) is 5.96 Å². The van der Waals surface area contributed by atoms with Gasteiger partial charge >= 0.3 is 0 Å². The van der Waals surface area contributed by atoms with Crippen LogP contribution in [0, 0.1) is 6.92 Å². The Kier molecular flexibility index (Phi) is 9.70. The van der Waals surface area contributed by atoms with Gasteiger partial charge in [0.1, 0.15) is 0 Å². The van der Waals surface area contributed by atoms with Crippen molar-refractivity contribution in [3.63, 3.8) is 0 Å². The Bertz CT molecular complexity index is 735. The maximum atomic E-state index is 4.76. The molecule has 1 fully saturated rings.